The summed E-state index contributed by atoms with van der Waals surface area (Å²) < 4.78 is 33.5. The Kier molecular flexibility index (Phi) is 6.54. The van der Waals surface area contributed by atoms with Gasteiger partial charge in [0.25, 0.3) is 11.8 Å². The first-order valence-electron chi connectivity index (χ1n) is 9.12. The largest absolute Gasteiger partial charge is 0.466 e. The van der Waals surface area contributed by atoms with Gasteiger partial charge in [-0.05, 0) is 76.8 Å². The number of carbonyl (C=O) groups is 2. The van der Waals surface area contributed by atoms with Gasteiger partial charge in [-0.15, -0.1) is 0 Å². The minimum Gasteiger partial charge on any atom is -0.466 e. The molecule has 0 spiro atoms. The Balaban J connectivity index is 2.11. The number of hydrazine groups is 1. The molecule has 0 aliphatic carbocycles. The van der Waals surface area contributed by atoms with E-state index in [4.69, 9.17) is 4.42 Å². The molecule has 2 amide bonds. The van der Waals surface area contributed by atoms with Gasteiger partial charge in [-0.1, -0.05) is 6.07 Å². The number of carbonyl (C=O) groups excluding carboxylic acids is 2. The molecule has 0 aliphatic rings. The molecule has 158 valence electrons. The molecule has 1 aromatic heterocycles. The number of amides is 2. The molecule has 1 atom stereocenters. The van der Waals surface area contributed by atoms with Crippen LogP contribution in [0.5, 0.6) is 0 Å². The maximum absolute atomic E-state index is 12.9. The Bertz CT molecular complexity index is 1040. The summed E-state index contributed by atoms with van der Waals surface area (Å²) in [4.78, 5) is 24.6. The summed E-state index contributed by atoms with van der Waals surface area (Å²) in [7, 11) is -3.94. The summed E-state index contributed by atoms with van der Waals surface area (Å²) in [5.41, 5.74) is 7.76. The van der Waals surface area contributed by atoms with Gasteiger partial charge in [0.1, 0.15) is 11.5 Å². The molecule has 1 heterocycles. The molecule has 0 fully saturated rings. The molecule has 0 saturated heterocycles. The van der Waals surface area contributed by atoms with Crippen molar-refractivity contribution >= 4 is 21.8 Å². The summed E-state index contributed by atoms with van der Waals surface area (Å²) in [6.45, 7) is 11.9. The summed E-state index contributed by atoms with van der Waals surface area (Å²) in [5.74, 6) is -0.258. The minimum atomic E-state index is -3.94. The van der Waals surface area contributed by atoms with Crippen molar-refractivity contribution in [1.29, 1.82) is 0 Å². The van der Waals surface area contributed by atoms with Crippen LogP contribution in [-0.2, 0) is 14.8 Å². The highest BCUT2D eigenvalue weighted by Crippen LogP contribution is 2.26. The molecule has 0 unspecified atom stereocenters. The number of hydrogen-bond donors (Lipinski definition) is 3. The highest BCUT2D eigenvalue weighted by atomic mass is 32.2. The Morgan fingerprint density at radius 2 is 1.48 bits per heavy atom. The van der Waals surface area contributed by atoms with E-state index in [1.165, 1.54) is 6.92 Å². The zero-order chi connectivity index (χ0) is 22.1. The fourth-order valence-corrected chi connectivity index (χ4v) is 4.90. The van der Waals surface area contributed by atoms with E-state index in [1.54, 1.807) is 33.8 Å². The number of nitrogens with one attached hydrogen (secondary N) is 3. The molecule has 8 nitrogen and oxygen atoms in total. The van der Waals surface area contributed by atoms with Crippen LogP contribution < -0.4 is 15.6 Å². The number of aryl methyl sites for hydroxylation is 4. The van der Waals surface area contributed by atoms with Gasteiger partial charge >= 0.3 is 0 Å². The first kappa shape index (κ1) is 22.6. The Hall–Kier alpha value is -2.65. The molecular weight excluding hydrogens is 394 g/mol. The van der Waals surface area contributed by atoms with Crippen LogP contribution in [0.4, 0.5) is 0 Å². The van der Waals surface area contributed by atoms with Gasteiger partial charge in [0, 0.05) is 0 Å². The van der Waals surface area contributed by atoms with Crippen LogP contribution in [0.3, 0.4) is 0 Å². The molecule has 0 aliphatic heterocycles. The zero-order valence-electron chi connectivity index (χ0n) is 17.7. The van der Waals surface area contributed by atoms with Crippen LogP contribution in [0.1, 0.15) is 51.1 Å². The molecule has 2 aromatic rings. The smallest absolute Gasteiger partial charge is 0.273 e. The third-order valence-corrected chi connectivity index (χ3v) is 6.69. The molecule has 0 radical (unpaired) electrons. The van der Waals surface area contributed by atoms with E-state index in [0.29, 0.717) is 22.6 Å². The average molecular weight is 422 g/mol. The molecule has 9 heteroatoms. The Morgan fingerprint density at radius 3 is 1.97 bits per heavy atom. The van der Waals surface area contributed by atoms with Crippen molar-refractivity contribution in [1.82, 2.24) is 15.6 Å². The maximum Gasteiger partial charge on any atom is 0.273 e. The average Bonchev–Trinajstić information content (AvgIpc) is 2.95. The summed E-state index contributed by atoms with van der Waals surface area (Å²) >= 11 is 0. The lowest BCUT2D eigenvalue weighted by molar-refractivity contribution is -0.123. The molecule has 2 rings (SSSR count). The molecule has 29 heavy (non-hydrogen) atoms. The summed E-state index contributed by atoms with van der Waals surface area (Å²) in [5, 5.41) is 0. The van der Waals surface area contributed by atoms with Crippen molar-refractivity contribution < 1.29 is 22.4 Å². The topological polar surface area (TPSA) is 118 Å². The normalized spacial score (nSPS) is 12.5. The molecular formula is C20H27N3O5S. The first-order chi connectivity index (χ1) is 13.3. The van der Waals surface area contributed by atoms with E-state index in [-0.39, 0.29) is 10.5 Å². The molecule has 3 N–H and O–H groups in total. The lowest BCUT2D eigenvalue weighted by atomic mass is 10.0. The lowest BCUT2D eigenvalue weighted by Crippen LogP contribution is -2.51. The highest BCUT2D eigenvalue weighted by Gasteiger charge is 2.27. The Morgan fingerprint density at radius 1 is 0.931 bits per heavy atom. The second-order valence-corrected chi connectivity index (χ2v) is 8.85. The van der Waals surface area contributed by atoms with E-state index in [1.807, 2.05) is 19.9 Å². The number of benzene rings is 1. The summed E-state index contributed by atoms with van der Waals surface area (Å²) in [6.07, 6.45) is 0. The lowest BCUT2D eigenvalue weighted by Gasteiger charge is -2.19. The summed E-state index contributed by atoms with van der Waals surface area (Å²) in [6, 6.07) is 2.37. The van der Waals surface area contributed by atoms with Gasteiger partial charge in [0.2, 0.25) is 10.0 Å². The minimum absolute atomic E-state index is 0.170. The van der Waals surface area contributed by atoms with Gasteiger partial charge in [-0.2, -0.15) is 4.72 Å². The number of furan rings is 1. The quantitative estimate of drug-likeness (QED) is 0.640. The zero-order valence-corrected chi connectivity index (χ0v) is 18.5. The van der Waals surface area contributed by atoms with Crippen LogP contribution in [0, 0.1) is 41.5 Å². The van der Waals surface area contributed by atoms with Gasteiger partial charge in [-0.25, -0.2) is 8.42 Å². The van der Waals surface area contributed by atoms with Gasteiger partial charge in [-0.3, -0.25) is 20.4 Å². The maximum atomic E-state index is 12.9. The van der Waals surface area contributed by atoms with Crippen molar-refractivity contribution in [3.63, 3.8) is 0 Å². The third kappa shape index (κ3) is 4.86. The van der Waals surface area contributed by atoms with Crippen molar-refractivity contribution in [2.24, 2.45) is 0 Å². The Labute approximate surface area is 171 Å². The SMILES string of the molecule is Cc1cc(C(=O)NNC(=O)[C@H](C)NS(=O)(=O)c2c(C)c(C)cc(C)c2C)c(C)o1. The molecule has 1 aromatic carbocycles. The van der Waals surface area contributed by atoms with E-state index < -0.39 is 27.9 Å². The highest BCUT2D eigenvalue weighted by molar-refractivity contribution is 7.89. The van der Waals surface area contributed by atoms with E-state index in [2.05, 4.69) is 15.6 Å². The standard InChI is InChI=1S/C20H27N3O5S/c1-10-8-11(2)14(5)18(13(10)4)29(26,27)23-15(6)19(24)21-22-20(25)17-9-12(3)28-16(17)7/h8-9,15,23H,1-7H3,(H,21,24)(H,22,25)/t15-/m0/s1. The van der Waals surface area contributed by atoms with Crippen LogP contribution in [0.15, 0.2) is 21.4 Å². The third-order valence-electron chi connectivity index (χ3n) is 4.88. The van der Waals surface area contributed by atoms with Crippen LogP contribution in [0.25, 0.3) is 0 Å². The predicted octanol–water partition coefficient (Wildman–Crippen LogP) is 2.26. The van der Waals surface area contributed by atoms with E-state index >= 15 is 0 Å². The van der Waals surface area contributed by atoms with Gasteiger partial charge in [0.05, 0.1) is 16.5 Å². The second-order valence-electron chi connectivity index (χ2n) is 7.20. The number of sulfonamides is 1. The second kappa shape index (κ2) is 8.38. The van der Waals surface area contributed by atoms with Crippen molar-refractivity contribution in [2.45, 2.75) is 59.4 Å². The fourth-order valence-electron chi connectivity index (χ4n) is 3.08. The van der Waals surface area contributed by atoms with Gasteiger partial charge in [0.15, 0.2) is 0 Å². The molecule has 0 bridgehead atoms. The van der Waals surface area contributed by atoms with E-state index in [9.17, 15) is 18.0 Å². The fraction of sp³-hybridized carbons (Fsp3) is 0.400. The van der Waals surface area contributed by atoms with Crippen LogP contribution in [-0.4, -0.2) is 26.3 Å². The monoisotopic (exact) mass is 421 g/mol. The van der Waals surface area contributed by atoms with Crippen molar-refractivity contribution in [3.05, 3.63) is 51.5 Å². The molecule has 0 saturated carbocycles. The number of rotatable bonds is 5. The van der Waals surface area contributed by atoms with Crippen LogP contribution >= 0.6 is 0 Å². The van der Waals surface area contributed by atoms with Gasteiger partial charge < -0.3 is 4.42 Å². The predicted molar refractivity (Wildman–Crippen MR) is 109 cm³/mol. The first-order valence-corrected chi connectivity index (χ1v) is 10.6. The van der Waals surface area contributed by atoms with E-state index in [0.717, 1.165) is 11.1 Å². The van der Waals surface area contributed by atoms with Crippen molar-refractivity contribution in [2.75, 3.05) is 0 Å². The number of hydrogen-bond acceptors (Lipinski definition) is 5. The van der Waals surface area contributed by atoms with Crippen molar-refractivity contribution in [3.8, 4) is 0 Å². The van der Waals surface area contributed by atoms with Crippen LogP contribution in [0.2, 0.25) is 0 Å².